The van der Waals surface area contributed by atoms with Crippen LogP contribution in [0.3, 0.4) is 0 Å². The van der Waals surface area contributed by atoms with Crippen LogP contribution in [0.4, 0.5) is 13.2 Å². The highest BCUT2D eigenvalue weighted by atomic mass is 19.4. The fourth-order valence-corrected chi connectivity index (χ4v) is 4.34. The number of benzene rings is 1. The summed E-state index contributed by atoms with van der Waals surface area (Å²) in [4.78, 5) is 19.9. The lowest BCUT2D eigenvalue weighted by molar-refractivity contribution is -0.137. The van der Waals surface area contributed by atoms with Gasteiger partial charge in [-0.05, 0) is 57.6 Å². The van der Waals surface area contributed by atoms with Gasteiger partial charge >= 0.3 is 6.18 Å². The van der Waals surface area contributed by atoms with E-state index in [4.69, 9.17) is 4.52 Å². The number of nitrogens with zero attached hydrogens (tertiary/aromatic N) is 3. The molecule has 0 N–H and O–H groups in total. The van der Waals surface area contributed by atoms with Crippen LogP contribution in [0.15, 0.2) is 34.9 Å². The van der Waals surface area contributed by atoms with E-state index in [-0.39, 0.29) is 35.0 Å². The van der Waals surface area contributed by atoms with Crippen LogP contribution >= 0.6 is 0 Å². The number of alkyl halides is 3. The number of carbonyl (C=O) groups is 1. The second-order valence-corrected chi connectivity index (χ2v) is 8.57. The van der Waals surface area contributed by atoms with Gasteiger partial charge in [-0.2, -0.15) is 13.2 Å². The van der Waals surface area contributed by atoms with Crippen LogP contribution in [0.25, 0.3) is 22.4 Å². The maximum Gasteiger partial charge on any atom is 0.417 e. The Bertz CT molecular complexity index is 1160. The normalized spacial score (nSPS) is 17.7. The van der Waals surface area contributed by atoms with Crippen molar-refractivity contribution in [2.75, 3.05) is 0 Å². The van der Waals surface area contributed by atoms with Crippen molar-refractivity contribution in [2.45, 2.75) is 57.8 Å². The molecular weight excluding hydrogens is 407 g/mol. The number of fused-ring (bicyclic) bond motifs is 1. The van der Waals surface area contributed by atoms with Gasteiger partial charge < -0.3 is 9.42 Å². The van der Waals surface area contributed by atoms with Crippen molar-refractivity contribution in [3.8, 4) is 11.3 Å². The van der Waals surface area contributed by atoms with Crippen LogP contribution < -0.4 is 0 Å². The molecule has 1 atom stereocenters. The number of hydrogen-bond donors (Lipinski definition) is 0. The standard InChI is InChI=1S/C23H22F3N3O2/c1-12-20-17(22(30)29(15-9-10-15)13(2)14-7-8-14)11-19(27-21(20)31-28-12)16-5-3-4-6-18(16)23(24,25)26/h3-6,11,13-15H,7-10H2,1-2H3/t13-/m1/s1. The highest BCUT2D eigenvalue weighted by Gasteiger charge is 2.43. The summed E-state index contributed by atoms with van der Waals surface area (Å²) in [5.41, 5.74) is 0.0291. The molecule has 31 heavy (non-hydrogen) atoms. The molecule has 2 aliphatic rings. The van der Waals surface area contributed by atoms with Crippen LogP contribution in [0.5, 0.6) is 0 Å². The Labute approximate surface area is 177 Å². The highest BCUT2D eigenvalue weighted by molar-refractivity contribution is 6.07. The summed E-state index contributed by atoms with van der Waals surface area (Å²) < 4.78 is 46.1. The Morgan fingerprint density at radius 2 is 1.90 bits per heavy atom. The molecular formula is C23H22F3N3O2. The lowest BCUT2D eigenvalue weighted by Crippen LogP contribution is -2.41. The number of hydrogen-bond acceptors (Lipinski definition) is 4. The van der Waals surface area contributed by atoms with Crippen LogP contribution in [0, 0.1) is 12.8 Å². The molecule has 1 amide bonds. The zero-order valence-electron chi connectivity index (χ0n) is 17.2. The largest absolute Gasteiger partial charge is 0.417 e. The van der Waals surface area contributed by atoms with Crippen molar-refractivity contribution in [3.63, 3.8) is 0 Å². The van der Waals surface area contributed by atoms with Crippen LogP contribution in [-0.2, 0) is 6.18 Å². The number of rotatable bonds is 5. The number of halogens is 3. The van der Waals surface area contributed by atoms with E-state index in [0.29, 0.717) is 22.6 Å². The van der Waals surface area contributed by atoms with Crippen molar-refractivity contribution in [2.24, 2.45) is 5.92 Å². The molecule has 162 valence electrons. The van der Waals surface area contributed by atoms with E-state index in [2.05, 4.69) is 17.1 Å². The Kier molecular flexibility index (Phi) is 4.57. The first-order valence-corrected chi connectivity index (χ1v) is 10.5. The first-order chi connectivity index (χ1) is 14.8. The van der Waals surface area contributed by atoms with E-state index >= 15 is 0 Å². The minimum absolute atomic E-state index is 0.0507. The zero-order valence-corrected chi connectivity index (χ0v) is 17.2. The molecule has 2 aliphatic carbocycles. The number of aromatic nitrogens is 2. The number of amides is 1. The fraction of sp³-hybridized carbons (Fsp3) is 0.435. The van der Waals surface area contributed by atoms with Crippen molar-refractivity contribution in [3.05, 3.63) is 47.2 Å². The van der Waals surface area contributed by atoms with Gasteiger partial charge in [0.25, 0.3) is 11.6 Å². The van der Waals surface area contributed by atoms with Crippen molar-refractivity contribution < 1.29 is 22.5 Å². The molecule has 0 unspecified atom stereocenters. The average molecular weight is 429 g/mol. The van der Waals surface area contributed by atoms with Gasteiger partial charge in [-0.1, -0.05) is 23.4 Å². The van der Waals surface area contributed by atoms with E-state index in [9.17, 15) is 18.0 Å². The molecule has 0 radical (unpaired) electrons. The molecule has 2 saturated carbocycles. The SMILES string of the molecule is Cc1noc2nc(-c3ccccc3C(F)(F)F)cc(C(=O)N(C3CC3)[C@H](C)C3CC3)c12. The highest BCUT2D eigenvalue weighted by Crippen LogP contribution is 2.42. The van der Waals surface area contributed by atoms with E-state index in [1.165, 1.54) is 24.3 Å². The molecule has 8 heteroatoms. The summed E-state index contributed by atoms with van der Waals surface area (Å²) >= 11 is 0. The third-order valence-corrected chi connectivity index (χ3v) is 6.27. The molecule has 2 heterocycles. The Morgan fingerprint density at radius 1 is 1.19 bits per heavy atom. The van der Waals surface area contributed by atoms with Gasteiger partial charge in [-0.3, -0.25) is 4.79 Å². The summed E-state index contributed by atoms with van der Waals surface area (Å²) in [5, 5.41) is 4.39. The molecule has 0 spiro atoms. The predicted octanol–water partition coefficient (Wildman–Crippen LogP) is 5.62. The third kappa shape index (κ3) is 3.58. The van der Waals surface area contributed by atoms with Gasteiger partial charge in [0.2, 0.25) is 0 Å². The molecule has 3 aromatic rings. The molecule has 5 nitrogen and oxygen atoms in total. The van der Waals surface area contributed by atoms with Crippen molar-refractivity contribution in [1.29, 1.82) is 0 Å². The number of aryl methyl sites for hydroxylation is 1. The van der Waals surface area contributed by atoms with Gasteiger partial charge in [-0.15, -0.1) is 0 Å². The van der Waals surface area contributed by atoms with Gasteiger partial charge in [0, 0.05) is 17.6 Å². The van der Waals surface area contributed by atoms with E-state index in [0.717, 1.165) is 31.7 Å². The quantitative estimate of drug-likeness (QED) is 0.528. The van der Waals surface area contributed by atoms with Gasteiger partial charge in [0.05, 0.1) is 27.9 Å². The van der Waals surface area contributed by atoms with Crippen molar-refractivity contribution >= 4 is 17.0 Å². The lowest BCUT2D eigenvalue weighted by atomic mass is 9.99. The Hall–Kier alpha value is -2.90. The van der Waals surface area contributed by atoms with E-state index in [1.807, 2.05) is 4.90 Å². The summed E-state index contributed by atoms with van der Waals surface area (Å²) in [6, 6.07) is 6.97. The molecule has 2 aromatic heterocycles. The summed E-state index contributed by atoms with van der Waals surface area (Å²) in [5.74, 6) is 0.294. The van der Waals surface area contributed by atoms with Crippen molar-refractivity contribution in [1.82, 2.24) is 15.0 Å². The summed E-state index contributed by atoms with van der Waals surface area (Å²) in [6.07, 6.45) is -0.456. The van der Waals surface area contributed by atoms with Gasteiger partial charge in [0.1, 0.15) is 0 Å². The van der Waals surface area contributed by atoms with Gasteiger partial charge in [-0.25, -0.2) is 4.98 Å². The zero-order chi connectivity index (χ0) is 21.9. The fourth-order valence-electron chi connectivity index (χ4n) is 4.34. The Balaban J connectivity index is 1.67. The maximum absolute atomic E-state index is 13.7. The Morgan fingerprint density at radius 3 is 2.55 bits per heavy atom. The van der Waals surface area contributed by atoms with Gasteiger partial charge in [0.15, 0.2) is 0 Å². The molecule has 2 fully saturated rings. The second-order valence-electron chi connectivity index (χ2n) is 8.57. The minimum Gasteiger partial charge on any atom is -0.335 e. The molecule has 0 saturated heterocycles. The number of pyridine rings is 1. The first kappa shape index (κ1) is 20.0. The molecule has 0 bridgehead atoms. The monoisotopic (exact) mass is 429 g/mol. The van der Waals surface area contributed by atoms with Crippen LogP contribution in [-0.4, -0.2) is 33.0 Å². The predicted molar refractivity (Wildman–Crippen MR) is 108 cm³/mol. The molecule has 1 aromatic carbocycles. The summed E-state index contributed by atoms with van der Waals surface area (Å²) in [7, 11) is 0. The van der Waals surface area contributed by atoms with Crippen LogP contribution in [0.2, 0.25) is 0 Å². The first-order valence-electron chi connectivity index (χ1n) is 10.5. The molecule has 0 aliphatic heterocycles. The molecule has 5 rings (SSSR count). The second kappa shape index (κ2) is 7.07. The van der Waals surface area contributed by atoms with Crippen LogP contribution in [0.1, 0.15) is 54.2 Å². The lowest BCUT2D eigenvalue weighted by Gasteiger charge is -2.30. The average Bonchev–Trinajstić information content (AvgIpc) is 3.65. The van der Waals surface area contributed by atoms with E-state index in [1.54, 1.807) is 6.92 Å². The topological polar surface area (TPSA) is 59.2 Å². The number of carbonyl (C=O) groups excluding carboxylic acids is 1. The smallest absolute Gasteiger partial charge is 0.335 e. The summed E-state index contributed by atoms with van der Waals surface area (Å²) in [6.45, 7) is 3.77. The maximum atomic E-state index is 13.7. The van der Waals surface area contributed by atoms with E-state index < -0.39 is 11.7 Å². The minimum atomic E-state index is -4.55. The third-order valence-electron chi connectivity index (χ3n) is 6.27.